The highest BCUT2D eigenvalue weighted by molar-refractivity contribution is 7.08. The van der Waals surface area contributed by atoms with E-state index in [4.69, 9.17) is 0 Å². The zero-order valence-corrected chi connectivity index (χ0v) is 11.4. The van der Waals surface area contributed by atoms with Crippen molar-refractivity contribution in [3.63, 3.8) is 0 Å². The molecule has 2 aromatic rings. The topological polar surface area (TPSA) is 53.4 Å². The van der Waals surface area contributed by atoms with Gasteiger partial charge in [-0.3, -0.25) is 9.78 Å². The number of aliphatic hydroxyl groups is 1. The molecule has 5 heteroatoms. The molecular weight excluding hydrogens is 260 g/mol. The van der Waals surface area contributed by atoms with E-state index in [1.807, 2.05) is 35.9 Å². The summed E-state index contributed by atoms with van der Waals surface area (Å²) in [6, 6.07) is 5.71. The van der Waals surface area contributed by atoms with E-state index in [0.29, 0.717) is 18.7 Å². The molecule has 1 aliphatic rings. The monoisotopic (exact) mass is 274 g/mol. The lowest BCUT2D eigenvalue weighted by atomic mass is 10.1. The van der Waals surface area contributed by atoms with Crippen molar-refractivity contribution in [2.75, 3.05) is 13.1 Å². The molecule has 0 radical (unpaired) electrons. The van der Waals surface area contributed by atoms with Gasteiger partial charge in [0, 0.05) is 24.0 Å². The first kappa shape index (κ1) is 12.3. The first-order chi connectivity index (χ1) is 9.15. The van der Waals surface area contributed by atoms with E-state index in [-0.39, 0.29) is 12.0 Å². The van der Waals surface area contributed by atoms with E-state index in [0.717, 1.165) is 17.0 Å². The minimum absolute atomic E-state index is 0.0489. The van der Waals surface area contributed by atoms with Gasteiger partial charge in [0.05, 0.1) is 23.1 Å². The molecule has 0 saturated carbocycles. The molecule has 0 unspecified atom stereocenters. The zero-order chi connectivity index (χ0) is 13.4. The second kappa shape index (κ2) is 4.75. The van der Waals surface area contributed by atoms with Crippen LogP contribution in [0.15, 0.2) is 29.0 Å². The number of aromatic nitrogens is 1. The first-order valence-corrected chi connectivity index (χ1v) is 7.07. The Morgan fingerprint density at radius 2 is 2.21 bits per heavy atom. The van der Waals surface area contributed by atoms with Crippen LogP contribution >= 0.6 is 11.3 Å². The fourth-order valence-electron chi connectivity index (χ4n) is 2.15. The Morgan fingerprint density at radius 3 is 2.79 bits per heavy atom. The van der Waals surface area contributed by atoms with Crippen LogP contribution in [0.3, 0.4) is 0 Å². The van der Waals surface area contributed by atoms with Gasteiger partial charge in [0.15, 0.2) is 0 Å². The fourth-order valence-corrected chi connectivity index (χ4v) is 2.80. The van der Waals surface area contributed by atoms with Crippen LogP contribution in [-0.4, -0.2) is 40.1 Å². The first-order valence-electron chi connectivity index (χ1n) is 6.12. The summed E-state index contributed by atoms with van der Waals surface area (Å²) in [6.07, 6.45) is -0.373. The molecule has 98 valence electrons. The van der Waals surface area contributed by atoms with E-state index >= 15 is 0 Å². The lowest BCUT2D eigenvalue weighted by Gasteiger charge is -2.36. The maximum atomic E-state index is 12.2. The van der Waals surface area contributed by atoms with Crippen LogP contribution in [0, 0.1) is 6.92 Å². The van der Waals surface area contributed by atoms with Crippen molar-refractivity contribution in [2.24, 2.45) is 0 Å². The van der Waals surface area contributed by atoms with E-state index in [1.165, 1.54) is 0 Å². The average Bonchev–Trinajstić information content (AvgIpc) is 2.88. The molecular formula is C14H14N2O2S. The quantitative estimate of drug-likeness (QED) is 0.910. The van der Waals surface area contributed by atoms with Gasteiger partial charge in [0.2, 0.25) is 0 Å². The number of β-amino-alcohol motifs (C(OH)–C–C–N with tert-alkyl or cyclic N) is 1. The van der Waals surface area contributed by atoms with E-state index in [1.54, 1.807) is 16.2 Å². The molecule has 2 aromatic heterocycles. The van der Waals surface area contributed by atoms with Crippen molar-refractivity contribution >= 4 is 17.2 Å². The summed E-state index contributed by atoms with van der Waals surface area (Å²) in [5, 5.41) is 13.3. The molecule has 0 atom stereocenters. The smallest absolute Gasteiger partial charge is 0.255 e. The van der Waals surface area contributed by atoms with Gasteiger partial charge in [-0.2, -0.15) is 11.3 Å². The van der Waals surface area contributed by atoms with Crippen molar-refractivity contribution < 1.29 is 9.90 Å². The highest BCUT2D eigenvalue weighted by Crippen LogP contribution is 2.22. The normalized spacial score (nSPS) is 15.4. The lowest BCUT2D eigenvalue weighted by Crippen LogP contribution is -2.53. The van der Waals surface area contributed by atoms with Crippen LogP contribution in [0.2, 0.25) is 0 Å². The third-order valence-corrected chi connectivity index (χ3v) is 3.97. The van der Waals surface area contributed by atoms with Gasteiger partial charge in [-0.15, -0.1) is 0 Å². The van der Waals surface area contributed by atoms with Crippen molar-refractivity contribution in [3.8, 4) is 11.3 Å². The van der Waals surface area contributed by atoms with Crippen LogP contribution in [0.4, 0.5) is 0 Å². The number of carbonyl (C=O) groups is 1. The molecule has 1 fully saturated rings. The molecule has 0 spiro atoms. The summed E-state index contributed by atoms with van der Waals surface area (Å²) in [5.41, 5.74) is 3.31. The molecule has 0 aromatic carbocycles. The van der Waals surface area contributed by atoms with Gasteiger partial charge in [-0.1, -0.05) is 0 Å². The number of carbonyl (C=O) groups excluding carboxylic acids is 1. The Bertz CT molecular complexity index is 604. The predicted molar refractivity (Wildman–Crippen MR) is 74.2 cm³/mol. The number of aryl methyl sites for hydroxylation is 1. The Hall–Kier alpha value is -1.72. The molecule has 1 saturated heterocycles. The van der Waals surface area contributed by atoms with Crippen molar-refractivity contribution in [1.29, 1.82) is 0 Å². The SMILES string of the molecule is Cc1nc(-c2ccsc2)ccc1C(=O)N1CC(O)C1. The zero-order valence-electron chi connectivity index (χ0n) is 10.5. The molecule has 4 nitrogen and oxygen atoms in total. The summed E-state index contributed by atoms with van der Waals surface area (Å²) in [5.74, 6) is -0.0489. The molecule has 3 heterocycles. The van der Waals surface area contributed by atoms with Gasteiger partial charge in [-0.25, -0.2) is 0 Å². The number of rotatable bonds is 2. The van der Waals surface area contributed by atoms with Crippen LogP contribution in [0.1, 0.15) is 16.1 Å². The summed E-state index contributed by atoms with van der Waals surface area (Å²) in [6.45, 7) is 2.69. The fraction of sp³-hybridized carbons (Fsp3) is 0.286. The van der Waals surface area contributed by atoms with Crippen LogP contribution in [0.5, 0.6) is 0 Å². The third kappa shape index (κ3) is 2.27. The number of thiophene rings is 1. The van der Waals surface area contributed by atoms with Gasteiger partial charge in [0.25, 0.3) is 5.91 Å². The summed E-state index contributed by atoms with van der Waals surface area (Å²) in [4.78, 5) is 18.3. The molecule has 1 aliphatic heterocycles. The van der Waals surface area contributed by atoms with E-state index in [9.17, 15) is 9.90 Å². The largest absolute Gasteiger partial charge is 0.389 e. The van der Waals surface area contributed by atoms with Gasteiger partial charge >= 0.3 is 0 Å². The molecule has 1 N–H and O–H groups in total. The minimum Gasteiger partial charge on any atom is -0.389 e. The number of amides is 1. The number of hydrogen-bond donors (Lipinski definition) is 1. The van der Waals surface area contributed by atoms with Crippen LogP contribution < -0.4 is 0 Å². The number of aliphatic hydroxyl groups excluding tert-OH is 1. The Balaban J connectivity index is 1.86. The van der Waals surface area contributed by atoms with Crippen molar-refractivity contribution in [1.82, 2.24) is 9.88 Å². The Morgan fingerprint density at radius 1 is 1.42 bits per heavy atom. The van der Waals surface area contributed by atoms with Gasteiger partial charge in [0.1, 0.15) is 0 Å². The number of hydrogen-bond acceptors (Lipinski definition) is 4. The maximum absolute atomic E-state index is 12.2. The van der Waals surface area contributed by atoms with E-state index < -0.39 is 0 Å². The van der Waals surface area contributed by atoms with Crippen LogP contribution in [-0.2, 0) is 0 Å². The maximum Gasteiger partial charge on any atom is 0.255 e. The van der Waals surface area contributed by atoms with Crippen LogP contribution in [0.25, 0.3) is 11.3 Å². The average molecular weight is 274 g/mol. The summed E-state index contributed by atoms with van der Waals surface area (Å²) >= 11 is 1.63. The molecule has 19 heavy (non-hydrogen) atoms. The van der Waals surface area contributed by atoms with Gasteiger partial charge in [-0.05, 0) is 30.5 Å². The molecule has 3 rings (SSSR count). The third-order valence-electron chi connectivity index (χ3n) is 3.28. The van der Waals surface area contributed by atoms with Gasteiger partial charge < -0.3 is 10.0 Å². The second-order valence-electron chi connectivity index (χ2n) is 4.71. The highest BCUT2D eigenvalue weighted by atomic mass is 32.1. The second-order valence-corrected chi connectivity index (χ2v) is 5.49. The molecule has 0 aliphatic carbocycles. The Kier molecular flexibility index (Phi) is 3.08. The number of nitrogens with zero attached hydrogens (tertiary/aromatic N) is 2. The standard InChI is InChI=1S/C14H14N2O2S/c1-9-12(14(18)16-6-11(17)7-16)2-3-13(15-9)10-4-5-19-8-10/h2-5,8,11,17H,6-7H2,1H3. The molecule has 1 amide bonds. The van der Waals surface area contributed by atoms with Crippen molar-refractivity contribution in [2.45, 2.75) is 13.0 Å². The number of pyridine rings is 1. The van der Waals surface area contributed by atoms with Crippen molar-refractivity contribution in [3.05, 3.63) is 40.2 Å². The highest BCUT2D eigenvalue weighted by Gasteiger charge is 2.30. The summed E-state index contributed by atoms with van der Waals surface area (Å²) < 4.78 is 0. The number of likely N-dealkylation sites (tertiary alicyclic amines) is 1. The minimum atomic E-state index is -0.373. The predicted octanol–water partition coefficient (Wildman–Crippen LogP) is 1.94. The summed E-state index contributed by atoms with van der Waals surface area (Å²) in [7, 11) is 0. The molecule has 0 bridgehead atoms. The lowest BCUT2D eigenvalue weighted by molar-refractivity contribution is 0.00581. The Labute approximate surface area is 115 Å². The van der Waals surface area contributed by atoms with E-state index in [2.05, 4.69) is 4.98 Å².